The van der Waals surface area contributed by atoms with Crippen molar-refractivity contribution in [3.63, 3.8) is 0 Å². The van der Waals surface area contributed by atoms with Crippen LogP contribution in [0.5, 0.6) is 0 Å². The topological polar surface area (TPSA) is 83.5 Å². The van der Waals surface area contributed by atoms with E-state index in [1.54, 1.807) is 6.92 Å². The number of aliphatic carboxylic acids is 1. The predicted molar refractivity (Wildman–Crippen MR) is 68.1 cm³/mol. The van der Waals surface area contributed by atoms with Crippen LogP contribution in [0.1, 0.15) is 19.8 Å². The third kappa shape index (κ3) is 4.15. The summed E-state index contributed by atoms with van der Waals surface area (Å²) in [5.41, 5.74) is 0. The summed E-state index contributed by atoms with van der Waals surface area (Å²) in [6.45, 7) is 1.63. The van der Waals surface area contributed by atoms with Gasteiger partial charge in [0.25, 0.3) is 0 Å². The van der Waals surface area contributed by atoms with E-state index in [1.165, 1.54) is 12.1 Å². The number of hydrogen-bond donors (Lipinski definition) is 2. The van der Waals surface area contributed by atoms with Gasteiger partial charge in [-0.15, -0.1) is 0 Å². The van der Waals surface area contributed by atoms with Crippen molar-refractivity contribution < 1.29 is 22.7 Å². The molecule has 1 rings (SSSR count). The first-order valence-corrected chi connectivity index (χ1v) is 7.32. The van der Waals surface area contributed by atoms with Gasteiger partial charge in [-0.1, -0.05) is 24.6 Å². The molecular weight excluding hydrogens is 297 g/mol. The Hall–Kier alpha value is -1.18. The summed E-state index contributed by atoms with van der Waals surface area (Å²) in [5, 5.41) is 8.34. The average Bonchev–Trinajstić information content (AvgIpc) is 2.30. The van der Waals surface area contributed by atoms with Crippen molar-refractivity contribution in [2.45, 2.75) is 30.7 Å². The lowest BCUT2D eigenvalue weighted by molar-refractivity contribution is -0.137. The highest BCUT2D eigenvalue weighted by Gasteiger charge is 2.24. The Morgan fingerprint density at radius 1 is 1.53 bits per heavy atom. The van der Waals surface area contributed by atoms with Crippen LogP contribution in [0.15, 0.2) is 23.1 Å². The van der Waals surface area contributed by atoms with E-state index >= 15 is 0 Å². The van der Waals surface area contributed by atoms with Crippen LogP contribution in [0.3, 0.4) is 0 Å². The Morgan fingerprint density at radius 2 is 2.16 bits per heavy atom. The Labute approximate surface area is 115 Å². The zero-order chi connectivity index (χ0) is 14.6. The molecule has 0 saturated carbocycles. The molecule has 1 unspecified atom stereocenters. The molecule has 0 spiro atoms. The van der Waals surface area contributed by atoms with E-state index in [2.05, 4.69) is 4.72 Å². The first-order chi connectivity index (χ1) is 8.77. The first kappa shape index (κ1) is 15.9. The van der Waals surface area contributed by atoms with Crippen LogP contribution in [0, 0.1) is 5.82 Å². The van der Waals surface area contributed by atoms with Crippen molar-refractivity contribution in [3.05, 3.63) is 29.0 Å². The zero-order valence-electron chi connectivity index (χ0n) is 10.1. The molecule has 1 atom stereocenters. The molecule has 0 saturated heterocycles. The van der Waals surface area contributed by atoms with Crippen molar-refractivity contribution >= 4 is 27.6 Å². The van der Waals surface area contributed by atoms with Gasteiger partial charge in [0, 0.05) is 6.04 Å². The van der Waals surface area contributed by atoms with Gasteiger partial charge in [0.1, 0.15) is 4.90 Å². The number of carbonyl (C=O) groups is 1. The lowest BCUT2D eigenvalue weighted by atomic mass is 10.2. The lowest BCUT2D eigenvalue weighted by Gasteiger charge is -2.15. The molecule has 0 aliphatic heterocycles. The summed E-state index contributed by atoms with van der Waals surface area (Å²) >= 11 is 5.51. The molecule has 0 aromatic heterocycles. The van der Waals surface area contributed by atoms with Crippen LogP contribution in [0.4, 0.5) is 4.39 Å². The van der Waals surface area contributed by atoms with E-state index < -0.39 is 32.7 Å². The number of hydrogen-bond acceptors (Lipinski definition) is 3. The summed E-state index contributed by atoms with van der Waals surface area (Å²) < 4.78 is 39.7. The summed E-state index contributed by atoms with van der Waals surface area (Å²) in [6.07, 6.45) is -0.106. The smallest absolute Gasteiger partial charge is 0.304 e. The lowest BCUT2D eigenvalue weighted by Crippen LogP contribution is -2.36. The minimum absolute atomic E-state index is 0.272. The number of halogens is 2. The Morgan fingerprint density at radius 3 is 2.68 bits per heavy atom. The molecule has 5 nitrogen and oxygen atoms in total. The van der Waals surface area contributed by atoms with Crippen molar-refractivity contribution in [2.75, 3.05) is 0 Å². The molecule has 0 heterocycles. The minimum Gasteiger partial charge on any atom is -0.481 e. The highest BCUT2D eigenvalue weighted by atomic mass is 35.5. The quantitative estimate of drug-likeness (QED) is 0.842. The molecular formula is C11H13ClFNO4S. The van der Waals surface area contributed by atoms with Crippen molar-refractivity contribution in [2.24, 2.45) is 0 Å². The van der Waals surface area contributed by atoms with Gasteiger partial charge < -0.3 is 5.11 Å². The monoisotopic (exact) mass is 309 g/mol. The highest BCUT2D eigenvalue weighted by Crippen LogP contribution is 2.22. The molecule has 19 heavy (non-hydrogen) atoms. The predicted octanol–water partition coefficient (Wildman–Crippen LogP) is 2.01. The third-order valence-electron chi connectivity index (χ3n) is 2.44. The van der Waals surface area contributed by atoms with E-state index in [4.69, 9.17) is 16.7 Å². The van der Waals surface area contributed by atoms with Crippen molar-refractivity contribution in [1.29, 1.82) is 0 Å². The zero-order valence-corrected chi connectivity index (χ0v) is 11.6. The van der Waals surface area contributed by atoms with E-state index in [-0.39, 0.29) is 17.9 Å². The molecule has 106 valence electrons. The van der Waals surface area contributed by atoms with Crippen LogP contribution in [0.2, 0.25) is 5.02 Å². The summed E-state index contributed by atoms with van der Waals surface area (Å²) in [4.78, 5) is 9.99. The van der Waals surface area contributed by atoms with Crippen LogP contribution >= 0.6 is 11.6 Å². The summed E-state index contributed by atoms with van der Waals surface area (Å²) in [5.74, 6) is -2.19. The second-order valence-electron chi connectivity index (χ2n) is 3.88. The number of sulfonamides is 1. The standard InChI is InChI=1S/C11H13ClFNO4S/c1-2-7(6-10(15)16)14-19(17,18)9-5-3-4-8(12)11(9)13/h3-5,7,14H,2,6H2,1H3,(H,15,16). The Kier molecular flexibility index (Phi) is 5.28. The maximum Gasteiger partial charge on any atom is 0.304 e. The fraction of sp³-hybridized carbons (Fsp3) is 0.364. The number of rotatable bonds is 6. The van der Waals surface area contributed by atoms with E-state index in [1.807, 2.05) is 0 Å². The Balaban J connectivity index is 3.04. The molecule has 0 radical (unpaired) electrons. The van der Waals surface area contributed by atoms with Gasteiger partial charge >= 0.3 is 5.97 Å². The largest absolute Gasteiger partial charge is 0.481 e. The second kappa shape index (κ2) is 6.31. The molecule has 0 amide bonds. The van der Waals surface area contributed by atoms with Gasteiger partial charge in [0.15, 0.2) is 5.82 Å². The summed E-state index contributed by atoms with van der Waals surface area (Å²) in [6, 6.07) is 2.79. The number of carboxylic acid groups (broad SMARTS) is 1. The molecule has 0 bridgehead atoms. The summed E-state index contributed by atoms with van der Waals surface area (Å²) in [7, 11) is -4.14. The molecule has 0 aliphatic rings. The molecule has 2 N–H and O–H groups in total. The number of benzene rings is 1. The van der Waals surface area contributed by atoms with Crippen LogP contribution in [0.25, 0.3) is 0 Å². The SMILES string of the molecule is CCC(CC(=O)O)NS(=O)(=O)c1cccc(Cl)c1F. The fourth-order valence-electron chi connectivity index (χ4n) is 1.45. The van der Waals surface area contributed by atoms with E-state index in [0.717, 1.165) is 6.07 Å². The first-order valence-electron chi connectivity index (χ1n) is 5.46. The molecule has 0 fully saturated rings. The van der Waals surface area contributed by atoms with Gasteiger partial charge in [-0.3, -0.25) is 4.79 Å². The van der Waals surface area contributed by atoms with Gasteiger partial charge in [0.2, 0.25) is 10.0 Å². The molecule has 0 aliphatic carbocycles. The van der Waals surface area contributed by atoms with Gasteiger partial charge in [-0.05, 0) is 18.6 Å². The van der Waals surface area contributed by atoms with Crippen LogP contribution in [-0.2, 0) is 14.8 Å². The van der Waals surface area contributed by atoms with Crippen molar-refractivity contribution in [1.82, 2.24) is 4.72 Å². The number of nitrogens with one attached hydrogen (secondary N) is 1. The van der Waals surface area contributed by atoms with E-state index in [0.29, 0.717) is 0 Å². The van der Waals surface area contributed by atoms with Crippen molar-refractivity contribution in [3.8, 4) is 0 Å². The number of carboxylic acids is 1. The average molecular weight is 310 g/mol. The highest BCUT2D eigenvalue weighted by molar-refractivity contribution is 7.89. The maximum absolute atomic E-state index is 13.6. The van der Waals surface area contributed by atoms with Crippen LogP contribution < -0.4 is 4.72 Å². The van der Waals surface area contributed by atoms with Gasteiger partial charge in [-0.2, -0.15) is 0 Å². The normalized spacial score (nSPS) is 13.2. The molecule has 8 heteroatoms. The second-order valence-corrected chi connectivity index (χ2v) is 5.97. The maximum atomic E-state index is 13.6. The molecule has 1 aromatic carbocycles. The molecule has 1 aromatic rings. The minimum atomic E-state index is -4.14. The van der Waals surface area contributed by atoms with Crippen LogP contribution in [-0.4, -0.2) is 25.5 Å². The van der Waals surface area contributed by atoms with Gasteiger partial charge in [-0.25, -0.2) is 17.5 Å². The fourth-order valence-corrected chi connectivity index (χ4v) is 3.10. The third-order valence-corrected chi connectivity index (χ3v) is 4.27. The Bertz CT molecular complexity index is 576. The van der Waals surface area contributed by atoms with E-state index in [9.17, 15) is 17.6 Å². The van der Waals surface area contributed by atoms with Gasteiger partial charge in [0.05, 0.1) is 11.4 Å².